The van der Waals surface area contributed by atoms with Gasteiger partial charge < -0.3 is 10.5 Å². The number of nitrogens with two attached hydrogens (primary N) is 1. The van der Waals surface area contributed by atoms with Crippen molar-refractivity contribution in [2.24, 2.45) is 5.73 Å². The van der Waals surface area contributed by atoms with E-state index in [0.717, 1.165) is 0 Å². The predicted molar refractivity (Wildman–Crippen MR) is 69.0 cm³/mol. The second-order valence-corrected chi connectivity index (χ2v) is 3.96. The van der Waals surface area contributed by atoms with E-state index in [1.165, 1.54) is 24.4 Å². The van der Waals surface area contributed by atoms with Gasteiger partial charge in [0, 0.05) is 11.8 Å². The topological polar surface area (TPSA) is 89.0 Å². The summed E-state index contributed by atoms with van der Waals surface area (Å²) < 4.78 is 5.44. The summed E-state index contributed by atoms with van der Waals surface area (Å²) >= 11 is 5.96. The van der Waals surface area contributed by atoms with Gasteiger partial charge in [-0.25, -0.2) is 4.98 Å². The molecule has 94 valence electrons. The van der Waals surface area contributed by atoms with Crippen molar-refractivity contribution in [3.05, 3.63) is 52.7 Å². The summed E-state index contributed by atoms with van der Waals surface area (Å²) in [4.78, 5) is 14.9. The van der Waals surface area contributed by atoms with Crippen molar-refractivity contribution in [3.8, 4) is 17.7 Å². The van der Waals surface area contributed by atoms with Crippen molar-refractivity contribution in [2.75, 3.05) is 0 Å². The van der Waals surface area contributed by atoms with Crippen LogP contribution in [0.5, 0.6) is 11.6 Å². The number of hydrogen-bond donors (Lipinski definition) is 1. The number of rotatable bonds is 3. The summed E-state index contributed by atoms with van der Waals surface area (Å²) in [7, 11) is 0. The Morgan fingerprint density at radius 1 is 1.32 bits per heavy atom. The van der Waals surface area contributed by atoms with Gasteiger partial charge in [-0.2, -0.15) is 5.26 Å². The molecule has 2 aromatic rings. The highest BCUT2D eigenvalue weighted by molar-refractivity contribution is 6.33. The number of carbonyl (C=O) groups excluding carboxylic acids is 1. The molecule has 2 rings (SSSR count). The van der Waals surface area contributed by atoms with Gasteiger partial charge in [-0.1, -0.05) is 11.6 Å². The molecular formula is C13H8ClN3O2. The van der Waals surface area contributed by atoms with Gasteiger partial charge in [0.2, 0.25) is 11.8 Å². The van der Waals surface area contributed by atoms with Crippen LogP contribution in [-0.4, -0.2) is 10.9 Å². The molecule has 0 unspecified atom stereocenters. The molecular weight excluding hydrogens is 266 g/mol. The first kappa shape index (κ1) is 12.9. The molecule has 0 aliphatic rings. The van der Waals surface area contributed by atoms with Gasteiger partial charge in [-0.3, -0.25) is 4.79 Å². The van der Waals surface area contributed by atoms with E-state index in [2.05, 4.69) is 4.98 Å². The zero-order chi connectivity index (χ0) is 13.8. The highest BCUT2D eigenvalue weighted by Gasteiger charge is 2.09. The molecule has 0 aliphatic carbocycles. The minimum Gasteiger partial charge on any atom is -0.437 e. The van der Waals surface area contributed by atoms with E-state index in [1.54, 1.807) is 12.1 Å². The summed E-state index contributed by atoms with van der Waals surface area (Å²) in [6, 6.07) is 9.61. The van der Waals surface area contributed by atoms with Crippen molar-refractivity contribution in [1.29, 1.82) is 5.26 Å². The number of nitrogens with zero attached hydrogens (tertiary/aromatic N) is 2. The molecule has 0 fully saturated rings. The number of aromatic nitrogens is 1. The Labute approximate surface area is 114 Å². The van der Waals surface area contributed by atoms with E-state index < -0.39 is 5.91 Å². The number of benzene rings is 1. The fraction of sp³-hybridized carbons (Fsp3) is 0. The monoisotopic (exact) mass is 273 g/mol. The molecule has 5 nitrogen and oxygen atoms in total. The summed E-state index contributed by atoms with van der Waals surface area (Å²) in [6.45, 7) is 0. The minimum absolute atomic E-state index is 0.132. The summed E-state index contributed by atoms with van der Waals surface area (Å²) in [5.41, 5.74) is 5.78. The van der Waals surface area contributed by atoms with Gasteiger partial charge in [-0.15, -0.1) is 0 Å². The van der Waals surface area contributed by atoms with Gasteiger partial charge in [0.25, 0.3) is 0 Å². The molecule has 19 heavy (non-hydrogen) atoms. The van der Waals surface area contributed by atoms with Crippen molar-refractivity contribution in [2.45, 2.75) is 0 Å². The number of primary amides is 1. The van der Waals surface area contributed by atoms with E-state index in [-0.39, 0.29) is 16.5 Å². The van der Waals surface area contributed by atoms with Crippen LogP contribution in [0.4, 0.5) is 0 Å². The molecule has 1 aromatic heterocycles. The van der Waals surface area contributed by atoms with Crippen LogP contribution in [0.1, 0.15) is 15.9 Å². The van der Waals surface area contributed by atoms with Gasteiger partial charge in [0.1, 0.15) is 16.8 Å². The lowest BCUT2D eigenvalue weighted by Crippen LogP contribution is -2.10. The van der Waals surface area contributed by atoms with Crippen LogP contribution < -0.4 is 10.5 Å². The van der Waals surface area contributed by atoms with Gasteiger partial charge >= 0.3 is 0 Å². The lowest BCUT2D eigenvalue weighted by atomic mass is 10.2. The highest BCUT2D eigenvalue weighted by atomic mass is 35.5. The van der Waals surface area contributed by atoms with Crippen LogP contribution in [0.3, 0.4) is 0 Å². The normalized spacial score (nSPS) is 9.68. The summed E-state index contributed by atoms with van der Waals surface area (Å²) in [5, 5.41) is 8.98. The van der Waals surface area contributed by atoms with Crippen molar-refractivity contribution < 1.29 is 9.53 Å². The zero-order valence-electron chi connectivity index (χ0n) is 9.63. The number of carbonyl (C=O) groups is 1. The second-order valence-electron chi connectivity index (χ2n) is 3.58. The predicted octanol–water partition coefficient (Wildman–Crippen LogP) is 2.50. The van der Waals surface area contributed by atoms with E-state index in [4.69, 9.17) is 27.3 Å². The first-order valence-corrected chi connectivity index (χ1v) is 5.62. The largest absolute Gasteiger partial charge is 0.437 e. The molecule has 1 aromatic carbocycles. The number of ether oxygens (including phenoxy) is 1. The molecule has 0 spiro atoms. The Hall–Kier alpha value is -2.58. The van der Waals surface area contributed by atoms with Crippen molar-refractivity contribution >= 4 is 17.5 Å². The fourth-order valence-corrected chi connectivity index (χ4v) is 1.57. The van der Waals surface area contributed by atoms with Gasteiger partial charge in [0.05, 0.1) is 5.56 Å². The molecule has 0 saturated carbocycles. The van der Waals surface area contributed by atoms with E-state index in [0.29, 0.717) is 11.3 Å². The SMILES string of the molecule is N#Cc1ccnc(Oc2ccc(C(N)=O)cc2)c1Cl. The summed E-state index contributed by atoms with van der Waals surface area (Å²) in [6.07, 6.45) is 1.43. The lowest BCUT2D eigenvalue weighted by Gasteiger charge is -2.07. The Bertz CT molecular complexity index is 663. The number of nitriles is 1. The maximum absolute atomic E-state index is 10.9. The Kier molecular flexibility index (Phi) is 3.64. The maximum atomic E-state index is 10.9. The third-order valence-corrected chi connectivity index (χ3v) is 2.70. The molecule has 2 N–H and O–H groups in total. The standard InChI is InChI=1S/C13H8ClN3O2/c14-11-9(7-15)5-6-17-13(11)19-10-3-1-8(2-4-10)12(16)18/h1-6H,(H2,16,18). The van der Waals surface area contributed by atoms with Crippen LogP contribution in [0, 0.1) is 11.3 Å². The highest BCUT2D eigenvalue weighted by Crippen LogP contribution is 2.29. The van der Waals surface area contributed by atoms with Gasteiger partial charge in [0.15, 0.2) is 0 Å². The van der Waals surface area contributed by atoms with E-state index in [9.17, 15) is 4.79 Å². The fourth-order valence-electron chi connectivity index (χ4n) is 1.38. The maximum Gasteiger partial charge on any atom is 0.248 e. The van der Waals surface area contributed by atoms with Gasteiger partial charge in [-0.05, 0) is 30.3 Å². The third kappa shape index (κ3) is 2.81. The van der Waals surface area contributed by atoms with E-state index >= 15 is 0 Å². The molecule has 0 bridgehead atoms. The number of hydrogen-bond acceptors (Lipinski definition) is 4. The quantitative estimate of drug-likeness (QED) is 0.930. The first-order chi connectivity index (χ1) is 9.11. The molecule has 1 heterocycles. The van der Waals surface area contributed by atoms with Crippen molar-refractivity contribution in [1.82, 2.24) is 4.98 Å². The molecule has 1 amide bonds. The zero-order valence-corrected chi connectivity index (χ0v) is 10.4. The smallest absolute Gasteiger partial charge is 0.248 e. The minimum atomic E-state index is -0.519. The average Bonchev–Trinajstić information content (AvgIpc) is 2.42. The number of halogens is 1. The molecule has 0 atom stereocenters. The lowest BCUT2D eigenvalue weighted by molar-refractivity contribution is 0.100. The average molecular weight is 274 g/mol. The number of pyridine rings is 1. The van der Waals surface area contributed by atoms with Crippen LogP contribution in [0.25, 0.3) is 0 Å². The van der Waals surface area contributed by atoms with Crippen LogP contribution in [-0.2, 0) is 0 Å². The Morgan fingerprint density at radius 2 is 2.00 bits per heavy atom. The first-order valence-electron chi connectivity index (χ1n) is 5.24. The Morgan fingerprint density at radius 3 is 2.58 bits per heavy atom. The van der Waals surface area contributed by atoms with Crippen LogP contribution >= 0.6 is 11.6 Å². The Balaban J connectivity index is 2.27. The van der Waals surface area contributed by atoms with Crippen LogP contribution in [0.2, 0.25) is 5.02 Å². The second kappa shape index (κ2) is 5.38. The molecule has 0 radical (unpaired) electrons. The molecule has 0 aliphatic heterocycles. The summed E-state index contributed by atoms with van der Waals surface area (Å²) in [5.74, 6) is 0.0521. The molecule has 6 heteroatoms. The van der Waals surface area contributed by atoms with Crippen LogP contribution in [0.15, 0.2) is 36.5 Å². The molecule has 0 saturated heterocycles. The van der Waals surface area contributed by atoms with E-state index in [1.807, 2.05) is 6.07 Å². The number of amides is 1. The van der Waals surface area contributed by atoms with Crippen molar-refractivity contribution in [3.63, 3.8) is 0 Å². The third-order valence-electron chi connectivity index (χ3n) is 2.33.